The van der Waals surface area contributed by atoms with Crippen molar-refractivity contribution in [2.75, 3.05) is 0 Å². The molecule has 0 radical (unpaired) electrons. The average molecular weight is 527 g/mol. The van der Waals surface area contributed by atoms with Crippen LogP contribution in [-0.4, -0.2) is 0 Å². The van der Waals surface area contributed by atoms with Crippen molar-refractivity contribution in [1.82, 2.24) is 0 Å². The summed E-state index contributed by atoms with van der Waals surface area (Å²) in [4.78, 5) is 0. The summed E-state index contributed by atoms with van der Waals surface area (Å²) in [5.74, 6) is 5.25. The van der Waals surface area contributed by atoms with Crippen molar-refractivity contribution in [1.29, 1.82) is 0 Å². The number of benzene rings is 2. The zero-order valence-corrected chi connectivity index (χ0v) is 21.7. The van der Waals surface area contributed by atoms with Gasteiger partial charge in [-0.05, 0) is 62.2 Å². The van der Waals surface area contributed by atoms with Crippen LogP contribution in [0.2, 0.25) is 0 Å². The molecule has 5 aliphatic rings. The van der Waals surface area contributed by atoms with E-state index in [0.29, 0.717) is 0 Å². The maximum Gasteiger partial charge on any atom is 4.00 e. The van der Waals surface area contributed by atoms with Crippen LogP contribution in [-0.2, 0) is 32.6 Å². The second kappa shape index (κ2) is 10.5. The molecule has 8 rings (SSSR count). The molecule has 3 aromatic rings. The van der Waals surface area contributed by atoms with Crippen molar-refractivity contribution in [3.63, 3.8) is 0 Å². The van der Waals surface area contributed by atoms with Crippen LogP contribution in [0, 0.1) is 29.7 Å². The molecule has 4 saturated carbocycles. The van der Waals surface area contributed by atoms with Crippen LogP contribution in [0.15, 0.2) is 66.7 Å². The monoisotopic (exact) mass is 524 g/mol. The minimum atomic E-state index is 0. The van der Waals surface area contributed by atoms with Gasteiger partial charge in [-0.25, -0.2) is 6.07 Å². The minimum absolute atomic E-state index is 0. The third kappa shape index (κ3) is 4.66. The molecule has 0 saturated heterocycles. The summed E-state index contributed by atoms with van der Waals surface area (Å²) in [6, 6.07) is 27.3. The van der Waals surface area contributed by atoms with E-state index in [-0.39, 0.29) is 51.0 Å². The Balaban J connectivity index is 0.000000162. The Morgan fingerprint density at radius 1 is 0.774 bits per heavy atom. The van der Waals surface area contributed by atoms with E-state index in [2.05, 4.69) is 66.7 Å². The van der Waals surface area contributed by atoms with E-state index in [9.17, 15) is 0 Å². The molecule has 3 heteroatoms. The van der Waals surface area contributed by atoms with Crippen LogP contribution in [0.3, 0.4) is 0 Å². The fourth-order valence-electron chi connectivity index (χ4n) is 7.08. The van der Waals surface area contributed by atoms with Gasteiger partial charge in [-0.2, -0.15) is 53.6 Å². The van der Waals surface area contributed by atoms with Crippen LogP contribution in [0.4, 0.5) is 0 Å². The minimum Gasteiger partial charge on any atom is -1.00 e. The molecule has 0 heterocycles. The Bertz CT molecular complexity index is 907. The Morgan fingerprint density at radius 3 is 2.13 bits per heavy atom. The van der Waals surface area contributed by atoms with E-state index < -0.39 is 0 Å². The van der Waals surface area contributed by atoms with E-state index in [1.807, 2.05) is 6.07 Å². The quantitative estimate of drug-likeness (QED) is 0.325. The molecular formula is C28H28Cl2Zr. The first-order chi connectivity index (χ1) is 13.8. The van der Waals surface area contributed by atoms with E-state index in [1.165, 1.54) is 22.3 Å². The van der Waals surface area contributed by atoms with Crippen LogP contribution < -0.4 is 24.8 Å². The molecule has 4 fully saturated rings. The summed E-state index contributed by atoms with van der Waals surface area (Å²) in [5, 5.41) is 0. The van der Waals surface area contributed by atoms with Gasteiger partial charge < -0.3 is 24.8 Å². The molecule has 31 heavy (non-hydrogen) atoms. The molecule has 4 bridgehead atoms. The molecule has 0 aromatic heterocycles. The SMILES string of the molecule is [Cl-].[Cl-].[Zr+4].[c-]1cccc2c1Cc1ccccc1-2.c1cc(C2C3CC4CC(C3)CC2C4)c[cH-]1. The Hall–Kier alpha value is -0.747. The predicted octanol–water partition coefficient (Wildman–Crippen LogP) is 1.01. The third-order valence-electron chi connectivity index (χ3n) is 7.92. The van der Waals surface area contributed by atoms with Gasteiger partial charge in [-0.1, -0.05) is 41.3 Å². The van der Waals surface area contributed by atoms with Gasteiger partial charge in [0.2, 0.25) is 0 Å². The molecule has 0 nitrogen and oxygen atoms in total. The number of hydrogen-bond acceptors (Lipinski definition) is 0. The van der Waals surface area contributed by atoms with E-state index in [4.69, 9.17) is 0 Å². The molecule has 0 atom stereocenters. The topological polar surface area (TPSA) is 0 Å². The number of hydrogen-bond donors (Lipinski definition) is 0. The van der Waals surface area contributed by atoms with Crippen molar-refractivity contribution in [3.05, 3.63) is 89.5 Å². The Morgan fingerprint density at radius 2 is 1.45 bits per heavy atom. The first-order valence-electron chi connectivity index (χ1n) is 11.1. The summed E-state index contributed by atoms with van der Waals surface area (Å²) in [6.07, 6.45) is 8.80. The van der Waals surface area contributed by atoms with Crippen molar-refractivity contribution >= 4 is 0 Å². The predicted molar refractivity (Wildman–Crippen MR) is 115 cm³/mol. The summed E-state index contributed by atoms with van der Waals surface area (Å²) < 4.78 is 0. The number of fused-ring (bicyclic) bond motifs is 3. The van der Waals surface area contributed by atoms with Gasteiger partial charge in [0.1, 0.15) is 0 Å². The largest absolute Gasteiger partial charge is 4.00 e. The zero-order chi connectivity index (χ0) is 18.5. The smallest absolute Gasteiger partial charge is 1.00 e. The van der Waals surface area contributed by atoms with Gasteiger partial charge in [0.25, 0.3) is 0 Å². The van der Waals surface area contributed by atoms with Crippen LogP contribution in [0.5, 0.6) is 0 Å². The van der Waals surface area contributed by atoms with E-state index in [0.717, 1.165) is 36.0 Å². The van der Waals surface area contributed by atoms with Crippen molar-refractivity contribution in [3.8, 4) is 11.1 Å². The van der Waals surface area contributed by atoms with Crippen molar-refractivity contribution in [2.45, 2.75) is 44.4 Å². The number of halogens is 2. The summed E-state index contributed by atoms with van der Waals surface area (Å²) in [6.45, 7) is 0. The maximum absolute atomic E-state index is 3.30. The molecule has 0 aliphatic heterocycles. The van der Waals surface area contributed by atoms with E-state index in [1.54, 1.807) is 37.7 Å². The summed E-state index contributed by atoms with van der Waals surface area (Å²) in [7, 11) is 0. The Labute approximate surface area is 218 Å². The van der Waals surface area contributed by atoms with Gasteiger partial charge in [-0.15, -0.1) is 5.56 Å². The molecule has 158 valence electrons. The first-order valence-corrected chi connectivity index (χ1v) is 11.1. The molecule has 0 amide bonds. The van der Waals surface area contributed by atoms with Crippen LogP contribution in [0.25, 0.3) is 11.1 Å². The van der Waals surface area contributed by atoms with Gasteiger partial charge in [-0.3, -0.25) is 0 Å². The van der Waals surface area contributed by atoms with Gasteiger partial charge in [0.15, 0.2) is 0 Å². The number of rotatable bonds is 1. The molecular weight excluding hydrogens is 498 g/mol. The average Bonchev–Trinajstić information content (AvgIpc) is 3.35. The van der Waals surface area contributed by atoms with E-state index >= 15 is 0 Å². The molecule has 0 unspecified atom stereocenters. The normalized spacial score (nSPS) is 28.1. The van der Waals surface area contributed by atoms with Crippen LogP contribution in [0.1, 0.15) is 54.7 Å². The molecule has 0 N–H and O–H groups in total. The van der Waals surface area contributed by atoms with Crippen molar-refractivity contribution in [2.24, 2.45) is 23.7 Å². The molecule has 5 aliphatic carbocycles. The van der Waals surface area contributed by atoms with Gasteiger partial charge in [0.05, 0.1) is 0 Å². The third-order valence-corrected chi connectivity index (χ3v) is 7.92. The van der Waals surface area contributed by atoms with Gasteiger partial charge >= 0.3 is 26.2 Å². The van der Waals surface area contributed by atoms with Crippen molar-refractivity contribution < 1.29 is 51.0 Å². The second-order valence-electron chi connectivity index (χ2n) is 9.57. The van der Waals surface area contributed by atoms with Gasteiger partial charge in [0, 0.05) is 0 Å². The molecule has 3 aromatic carbocycles. The molecule has 0 spiro atoms. The summed E-state index contributed by atoms with van der Waals surface area (Å²) >= 11 is 0. The fraction of sp³-hybridized carbons (Fsp3) is 0.393. The maximum atomic E-state index is 3.30. The zero-order valence-electron chi connectivity index (χ0n) is 17.7. The fourth-order valence-corrected chi connectivity index (χ4v) is 7.08. The first kappa shape index (κ1) is 24.9. The second-order valence-corrected chi connectivity index (χ2v) is 9.57. The summed E-state index contributed by atoms with van der Waals surface area (Å²) in [5.41, 5.74) is 7.17. The van der Waals surface area contributed by atoms with Crippen LogP contribution >= 0.6 is 0 Å². The Kier molecular flexibility index (Phi) is 8.40. The standard InChI is InChI=1S/C15H19.C13H9.2ClH.Zr/c1-2-4-12(3-1)15-13-6-10-5-11(8-13)9-14(15)7-10;1-3-7-12-10(5-1)9-11-6-2-4-8-13(11)12;;;/h1-4,10-11,13-15H,5-9H2;1-5,7-8H,9H2;2*1H;/q2*-1;;;+4/p-2.